The largest absolute Gasteiger partial charge is 0.388 e. The van der Waals surface area contributed by atoms with Gasteiger partial charge in [-0.1, -0.05) is 12.8 Å². The Morgan fingerprint density at radius 3 is 2.95 bits per heavy atom. The SMILES string of the molecule is O=C(NCC1(O)CCCC1)c1cnn2cc(Br)cnc12. The number of halogens is 1. The summed E-state index contributed by atoms with van der Waals surface area (Å²) in [7, 11) is 0. The number of carbonyl (C=O) groups is 1. The van der Waals surface area contributed by atoms with E-state index >= 15 is 0 Å². The summed E-state index contributed by atoms with van der Waals surface area (Å²) in [6, 6.07) is 0. The van der Waals surface area contributed by atoms with Gasteiger partial charge in [-0.05, 0) is 28.8 Å². The molecular weight excluding hydrogens is 324 g/mol. The average molecular weight is 339 g/mol. The van der Waals surface area contributed by atoms with Crippen LogP contribution in [0, 0.1) is 0 Å². The van der Waals surface area contributed by atoms with Gasteiger partial charge in [-0.15, -0.1) is 0 Å². The number of amides is 1. The van der Waals surface area contributed by atoms with E-state index in [-0.39, 0.29) is 12.5 Å². The van der Waals surface area contributed by atoms with Gasteiger partial charge in [-0.2, -0.15) is 5.10 Å². The summed E-state index contributed by atoms with van der Waals surface area (Å²) in [5.41, 5.74) is 0.165. The van der Waals surface area contributed by atoms with Gasteiger partial charge in [0.05, 0.1) is 16.3 Å². The quantitative estimate of drug-likeness (QED) is 0.889. The molecular formula is C13H15BrN4O2. The summed E-state index contributed by atoms with van der Waals surface area (Å²) in [5.74, 6) is -0.254. The minimum absolute atomic E-state index is 0.254. The van der Waals surface area contributed by atoms with E-state index in [4.69, 9.17) is 0 Å². The van der Waals surface area contributed by atoms with Crippen LogP contribution in [0.4, 0.5) is 0 Å². The maximum absolute atomic E-state index is 12.2. The average Bonchev–Trinajstić information content (AvgIpc) is 3.02. The van der Waals surface area contributed by atoms with Crippen LogP contribution in [-0.2, 0) is 0 Å². The van der Waals surface area contributed by atoms with Crippen LogP contribution in [-0.4, -0.2) is 37.8 Å². The number of rotatable bonds is 3. The first-order valence-electron chi connectivity index (χ1n) is 6.57. The highest BCUT2D eigenvalue weighted by Gasteiger charge is 2.31. The van der Waals surface area contributed by atoms with Crippen molar-refractivity contribution in [2.75, 3.05) is 6.54 Å². The molecule has 1 aliphatic rings. The molecule has 0 radical (unpaired) electrons. The van der Waals surface area contributed by atoms with Crippen LogP contribution in [0.1, 0.15) is 36.0 Å². The molecule has 2 heterocycles. The number of aromatic nitrogens is 3. The van der Waals surface area contributed by atoms with Gasteiger partial charge in [0.2, 0.25) is 0 Å². The minimum atomic E-state index is -0.755. The lowest BCUT2D eigenvalue weighted by atomic mass is 10.0. The van der Waals surface area contributed by atoms with Crippen molar-refractivity contribution in [2.45, 2.75) is 31.3 Å². The van der Waals surface area contributed by atoms with Gasteiger partial charge >= 0.3 is 0 Å². The molecule has 0 unspecified atom stereocenters. The summed E-state index contributed by atoms with van der Waals surface area (Å²) >= 11 is 3.30. The molecule has 106 valence electrons. The van der Waals surface area contributed by atoms with Crippen molar-refractivity contribution in [3.63, 3.8) is 0 Å². The highest BCUT2D eigenvalue weighted by Crippen LogP contribution is 2.28. The van der Waals surface area contributed by atoms with Crippen LogP contribution in [0.3, 0.4) is 0 Å². The third kappa shape index (κ3) is 2.55. The van der Waals surface area contributed by atoms with Crippen molar-refractivity contribution < 1.29 is 9.90 Å². The van der Waals surface area contributed by atoms with Crippen LogP contribution >= 0.6 is 15.9 Å². The van der Waals surface area contributed by atoms with E-state index in [0.717, 1.165) is 30.2 Å². The minimum Gasteiger partial charge on any atom is -0.388 e. The van der Waals surface area contributed by atoms with E-state index in [1.807, 2.05) is 0 Å². The molecule has 2 aromatic heterocycles. The Labute approximate surface area is 124 Å². The molecule has 1 saturated carbocycles. The molecule has 1 aliphatic carbocycles. The summed E-state index contributed by atoms with van der Waals surface area (Å²) in [6.07, 6.45) is 8.36. The Morgan fingerprint density at radius 2 is 2.20 bits per heavy atom. The number of hydrogen-bond acceptors (Lipinski definition) is 4. The predicted octanol–water partition coefficient (Wildman–Crippen LogP) is 1.53. The van der Waals surface area contributed by atoms with Gasteiger partial charge in [0.1, 0.15) is 5.56 Å². The van der Waals surface area contributed by atoms with Crippen LogP contribution in [0.2, 0.25) is 0 Å². The lowest BCUT2D eigenvalue weighted by Crippen LogP contribution is -2.40. The van der Waals surface area contributed by atoms with Crippen molar-refractivity contribution in [3.8, 4) is 0 Å². The van der Waals surface area contributed by atoms with Gasteiger partial charge in [0.15, 0.2) is 5.65 Å². The zero-order chi connectivity index (χ0) is 14.2. The Balaban J connectivity index is 1.75. The number of hydrogen-bond donors (Lipinski definition) is 2. The van der Waals surface area contributed by atoms with Crippen LogP contribution < -0.4 is 5.32 Å². The van der Waals surface area contributed by atoms with Gasteiger partial charge in [0, 0.05) is 18.9 Å². The highest BCUT2D eigenvalue weighted by atomic mass is 79.9. The highest BCUT2D eigenvalue weighted by molar-refractivity contribution is 9.10. The van der Waals surface area contributed by atoms with Crippen molar-refractivity contribution in [3.05, 3.63) is 28.6 Å². The lowest BCUT2D eigenvalue weighted by molar-refractivity contribution is 0.0450. The topological polar surface area (TPSA) is 79.5 Å². The third-order valence-corrected chi connectivity index (χ3v) is 4.09. The van der Waals surface area contributed by atoms with Gasteiger partial charge in [0.25, 0.3) is 5.91 Å². The third-order valence-electron chi connectivity index (χ3n) is 3.68. The maximum Gasteiger partial charge on any atom is 0.256 e. The first kappa shape index (κ1) is 13.5. The number of fused-ring (bicyclic) bond motifs is 1. The van der Waals surface area contributed by atoms with Crippen LogP contribution in [0.5, 0.6) is 0 Å². The molecule has 1 amide bonds. The second-order valence-corrected chi connectivity index (χ2v) is 6.13. The summed E-state index contributed by atoms with van der Waals surface area (Å²) in [6.45, 7) is 0.277. The first-order chi connectivity index (χ1) is 9.57. The molecule has 2 aromatic rings. The second kappa shape index (κ2) is 5.14. The van der Waals surface area contributed by atoms with Crippen molar-refractivity contribution in [1.82, 2.24) is 19.9 Å². The Hall–Kier alpha value is -1.47. The van der Waals surface area contributed by atoms with E-state index in [1.54, 1.807) is 16.9 Å². The fourth-order valence-electron chi connectivity index (χ4n) is 2.56. The molecule has 1 fully saturated rings. The zero-order valence-electron chi connectivity index (χ0n) is 10.8. The first-order valence-corrected chi connectivity index (χ1v) is 7.36. The van der Waals surface area contributed by atoms with Crippen molar-refractivity contribution in [1.29, 1.82) is 0 Å². The van der Waals surface area contributed by atoms with Gasteiger partial charge in [-0.3, -0.25) is 4.79 Å². The molecule has 0 atom stereocenters. The smallest absolute Gasteiger partial charge is 0.256 e. The number of aliphatic hydroxyl groups is 1. The fraction of sp³-hybridized carbons (Fsp3) is 0.462. The fourth-order valence-corrected chi connectivity index (χ4v) is 2.86. The summed E-state index contributed by atoms with van der Waals surface area (Å²) < 4.78 is 2.34. The zero-order valence-corrected chi connectivity index (χ0v) is 12.4. The molecule has 6 nitrogen and oxygen atoms in total. The Bertz CT molecular complexity index is 649. The second-order valence-electron chi connectivity index (χ2n) is 5.21. The van der Waals surface area contributed by atoms with Gasteiger partial charge in [-0.25, -0.2) is 9.50 Å². The molecule has 0 saturated heterocycles. The van der Waals surface area contributed by atoms with Crippen LogP contribution in [0.25, 0.3) is 5.65 Å². The molecule has 0 aromatic carbocycles. The van der Waals surface area contributed by atoms with Crippen molar-refractivity contribution in [2.24, 2.45) is 0 Å². The Morgan fingerprint density at radius 1 is 1.45 bits per heavy atom. The monoisotopic (exact) mass is 338 g/mol. The van der Waals surface area contributed by atoms with Gasteiger partial charge < -0.3 is 10.4 Å². The lowest BCUT2D eigenvalue weighted by Gasteiger charge is -2.22. The molecule has 7 heteroatoms. The molecule has 0 bridgehead atoms. The summed E-state index contributed by atoms with van der Waals surface area (Å²) in [5, 5.41) is 17.1. The van der Waals surface area contributed by atoms with E-state index in [0.29, 0.717) is 11.2 Å². The normalized spacial score (nSPS) is 17.5. The Kier molecular flexibility index (Phi) is 3.47. The van der Waals surface area contributed by atoms with E-state index < -0.39 is 5.60 Å². The van der Waals surface area contributed by atoms with E-state index in [2.05, 4.69) is 31.3 Å². The van der Waals surface area contributed by atoms with E-state index in [1.165, 1.54) is 6.20 Å². The number of carbonyl (C=O) groups excluding carboxylic acids is 1. The standard InChI is InChI=1S/C13H15BrN4O2/c14-9-5-15-11-10(6-17-18(11)7-9)12(19)16-8-13(20)3-1-2-4-13/h5-7,20H,1-4,8H2,(H,16,19). The molecule has 0 aliphatic heterocycles. The van der Waals surface area contributed by atoms with Crippen molar-refractivity contribution >= 4 is 27.5 Å². The maximum atomic E-state index is 12.2. The number of nitrogens with one attached hydrogen (secondary N) is 1. The van der Waals surface area contributed by atoms with Crippen LogP contribution in [0.15, 0.2) is 23.1 Å². The summed E-state index contributed by atoms with van der Waals surface area (Å²) in [4.78, 5) is 16.4. The molecule has 20 heavy (non-hydrogen) atoms. The molecule has 2 N–H and O–H groups in total. The van der Waals surface area contributed by atoms with E-state index in [9.17, 15) is 9.90 Å². The molecule has 3 rings (SSSR count). The number of nitrogens with zero attached hydrogens (tertiary/aromatic N) is 3. The molecule has 0 spiro atoms. The predicted molar refractivity (Wildman–Crippen MR) is 76.4 cm³/mol.